The number of amides is 2. The quantitative estimate of drug-likeness (QED) is 0.613. The Labute approximate surface area is 174 Å². The van der Waals surface area contributed by atoms with Gasteiger partial charge in [0.15, 0.2) is 0 Å². The molecule has 6 heteroatoms. The summed E-state index contributed by atoms with van der Waals surface area (Å²) in [5.74, 6) is -0.228. The number of hydrogen-bond donors (Lipinski definition) is 0. The van der Waals surface area contributed by atoms with Crippen molar-refractivity contribution in [1.82, 2.24) is 9.80 Å². The summed E-state index contributed by atoms with van der Waals surface area (Å²) in [6.45, 7) is 1.79. The molecule has 0 aliphatic carbocycles. The van der Waals surface area contributed by atoms with Crippen LogP contribution in [0.3, 0.4) is 0 Å². The molecule has 2 aromatic carbocycles. The highest BCUT2D eigenvalue weighted by Crippen LogP contribution is 2.15. The average Bonchev–Trinajstić information content (AvgIpc) is 2.79. The minimum Gasteiger partial charge on any atom is -0.422 e. The molecule has 154 valence electrons. The van der Waals surface area contributed by atoms with E-state index in [2.05, 4.69) is 12.1 Å². The lowest BCUT2D eigenvalue weighted by atomic mass is 10.1. The molecule has 0 atom stereocenters. The lowest BCUT2D eigenvalue weighted by Gasteiger charge is -2.34. The predicted molar refractivity (Wildman–Crippen MR) is 114 cm³/mol. The molecule has 30 heavy (non-hydrogen) atoms. The van der Waals surface area contributed by atoms with Crippen molar-refractivity contribution in [2.75, 3.05) is 26.2 Å². The topological polar surface area (TPSA) is 70.8 Å². The molecule has 0 unspecified atom stereocenters. The Balaban J connectivity index is 1.32. The highest BCUT2D eigenvalue weighted by atomic mass is 16.4. The van der Waals surface area contributed by atoms with Crippen LogP contribution in [0.15, 0.2) is 69.9 Å². The Morgan fingerprint density at radius 3 is 2.30 bits per heavy atom. The highest BCUT2D eigenvalue weighted by molar-refractivity contribution is 5.96. The first-order chi connectivity index (χ1) is 14.6. The van der Waals surface area contributed by atoms with Crippen molar-refractivity contribution in [3.63, 3.8) is 0 Å². The first-order valence-corrected chi connectivity index (χ1v) is 10.3. The van der Waals surface area contributed by atoms with Crippen LogP contribution in [0, 0.1) is 0 Å². The van der Waals surface area contributed by atoms with Crippen LogP contribution in [0.2, 0.25) is 0 Å². The van der Waals surface area contributed by atoms with Crippen molar-refractivity contribution in [3.05, 3.63) is 82.2 Å². The van der Waals surface area contributed by atoms with Crippen molar-refractivity contribution in [3.8, 4) is 0 Å². The van der Waals surface area contributed by atoms with Gasteiger partial charge in [0.25, 0.3) is 5.91 Å². The number of carbonyl (C=O) groups excluding carboxylic acids is 2. The Morgan fingerprint density at radius 1 is 0.867 bits per heavy atom. The van der Waals surface area contributed by atoms with E-state index >= 15 is 0 Å². The molecule has 1 saturated heterocycles. The summed E-state index contributed by atoms with van der Waals surface area (Å²) in [6.07, 6.45) is 2.18. The van der Waals surface area contributed by atoms with Gasteiger partial charge in [0, 0.05) is 38.0 Å². The van der Waals surface area contributed by atoms with Crippen LogP contribution < -0.4 is 5.63 Å². The normalized spacial score (nSPS) is 14.1. The monoisotopic (exact) mass is 404 g/mol. The molecule has 1 aromatic heterocycles. The zero-order valence-electron chi connectivity index (χ0n) is 16.8. The van der Waals surface area contributed by atoms with E-state index in [1.165, 1.54) is 5.56 Å². The molecule has 6 nitrogen and oxygen atoms in total. The maximum atomic E-state index is 12.8. The van der Waals surface area contributed by atoms with Gasteiger partial charge in [0.1, 0.15) is 11.1 Å². The van der Waals surface area contributed by atoms with E-state index in [0.717, 1.165) is 12.8 Å². The first kappa shape index (κ1) is 19.9. The van der Waals surface area contributed by atoms with Crippen molar-refractivity contribution in [2.24, 2.45) is 0 Å². The molecule has 1 aliphatic heterocycles. The lowest BCUT2D eigenvalue weighted by molar-refractivity contribution is -0.132. The molecule has 4 rings (SSSR count). The summed E-state index contributed by atoms with van der Waals surface area (Å²) in [5, 5.41) is 0.715. The van der Waals surface area contributed by atoms with Gasteiger partial charge in [-0.1, -0.05) is 48.5 Å². The van der Waals surface area contributed by atoms with Gasteiger partial charge in [-0.25, -0.2) is 4.79 Å². The van der Waals surface area contributed by atoms with E-state index < -0.39 is 5.63 Å². The van der Waals surface area contributed by atoms with Crippen molar-refractivity contribution >= 4 is 22.8 Å². The van der Waals surface area contributed by atoms with Crippen LogP contribution in [0.5, 0.6) is 0 Å². The SMILES string of the molecule is O=C(CCCc1ccccc1)N1CCN(C(=O)c2cc3ccccc3oc2=O)CC1. The van der Waals surface area contributed by atoms with Crippen molar-refractivity contribution in [1.29, 1.82) is 0 Å². The third kappa shape index (κ3) is 4.43. The minimum atomic E-state index is -0.627. The molecule has 0 saturated carbocycles. The second-order valence-electron chi connectivity index (χ2n) is 7.50. The molecule has 0 N–H and O–H groups in total. The van der Waals surface area contributed by atoms with Gasteiger partial charge in [0.05, 0.1) is 0 Å². The Kier molecular flexibility index (Phi) is 5.93. The standard InChI is InChI=1S/C24H24N2O4/c27-22(12-6-9-18-7-2-1-3-8-18)25-13-15-26(16-14-25)23(28)20-17-19-10-4-5-11-21(19)30-24(20)29/h1-5,7-8,10-11,17H,6,9,12-16H2. The molecule has 1 aliphatic rings. The molecule has 1 fully saturated rings. The molecule has 3 aromatic rings. The fourth-order valence-electron chi connectivity index (χ4n) is 3.79. The summed E-state index contributed by atoms with van der Waals surface area (Å²) in [7, 11) is 0. The van der Waals surface area contributed by atoms with Crippen LogP contribution in [0.1, 0.15) is 28.8 Å². The van der Waals surface area contributed by atoms with E-state index in [1.807, 2.05) is 24.3 Å². The summed E-state index contributed by atoms with van der Waals surface area (Å²) in [5.41, 5.74) is 1.11. The van der Waals surface area contributed by atoms with Gasteiger partial charge in [0.2, 0.25) is 5.91 Å². The number of carbonyl (C=O) groups is 2. The number of nitrogens with zero attached hydrogens (tertiary/aromatic N) is 2. The van der Waals surface area contributed by atoms with Crippen LogP contribution in [-0.4, -0.2) is 47.8 Å². The van der Waals surface area contributed by atoms with Crippen molar-refractivity contribution < 1.29 is 14.0 Å². The second-order valence-corrected chi connectivity index (χ2v) is 7.50. The maximum absolute atomic E-state index is 12.8. The Bertz CT molecular complexity index is 1100. The number of benzene rings is 2. The van der Waals surface area contributed by atoms with Crippen LogP contribution in [-0.2, 0) is 11.2 Å². The Hall–Kier alpha value is -3.41. The van der Waals surface area contributed by atoms with Crippen LogP contribution >= 0.6 is 0 Å². The smallest absolute Gasteiger partial charge is 0.349 e. The number of para-hydroxylation sites is 1. The minimum absolute atomic E-state index is 0.0383. The molecule has 0 spiro atoms. The Morgan fingerprint density at radius 2 is 1.53 bits per heavy atom. The molecular weight excluding hydrogens is 380 g/mol. The third-order valence-corrected chi connectivity index (χ3v) is 5.49. The lowest BCUT2D eigenvalue weighted by Crippen LogP contribution is -2.51. The summed E-state index contributed by atoms with van der Waals surface area (Å²) in [4.78, 5) is 41.0. The molecular formula is C24H24N2O4. The zero-order valence-corrected chi connectivity index (χ0v) is 16.8. The van der Waals surface area contributed by atoms with E-state index in [1.54, 1.807) is 34.1 Å². The second kappa shape index (κ2) is 8.95. The molecule has 0 bridgehead atoms. The van der Waals surface area contributed by atoms with Crippen LogP contribution in [0.25, 0.3) is 11.0 Å². The van der Waals surface area contributed by atoms with Gasteiger partial charge < -0.3 is 14.2 Å². The first-order valence-electron chi connectivity index (χ1n) is 10.3. The zero-order chi connectivity index (χ0) is 20.9. The van der Waals surface area contributed by atoms with E-state index in [4.69, 9.17) is 4.42 Å². The van der Waals surface area contributed by atoms with Crippen LogP contribution in [0.4, 0.5) is 0 Å². The number of piperazine rings is 1. The van der Waals surface area contributed by atoms with Gasteiger partial charge in [-0.2, -0.15) is 0 Å². The highest BCUT2D eigenvalue weighted by Gasteiger charge is 2.26. The number of rotatable bonds is 5. The van der Waals surface area contributed by atoms with Gasteiger partial charge in [-0.3, -0.25) is 9.59 Å². The van der Waals surface area contributed by atoms with E-state index in [-0.39, 0.29) is 17.4 Å². The summed E-state index contributed by atoms with van der Waals surface area (Å²) >= 11 is 0. The van der Waals surface area contributed by atoms with Crippen molar-refractivity contribution in [2.45, 2.75) is 19.3 Å². The summed E-state index contributed by atoms with van der Waals surface area (Å²) in [6, 6.07) is 18.8. The largest absolute Gasteiger partial charge is 0.422 e. The average molecular weight is 404 g/mol. The number of hydrogen-bond acceptors (Lipinski definition) is 4. The summed E-state index contributed by atoms with van der Waals surface area (Å²) < 4.78 is 5.28. The van der Waals surface area contributed by atoms with Gasteiger partial charge in [-0.05, 0) is 30.5 Å². The molecule has 2 heterocycles. The van der Waals surface area contributed by atoms with E-state index in [9.17, 15) is 14.4 Å². The van der Waals surface area contributed by atoms with Gasteiger partial charge in [-0.15, -0.1) is 0 Å². The number of aryl methyl sites for hydroxylation is 1. The molecule has 0 radical (unpaired) electrons. The van der Waals surface area contributed by atoms with E-state index in [0.29, 0.717) is 43.6 Å². The predicted octanol–water partition coefficient (Wildman–Crippen LogP) is 3.10. The third-order valence-electron chi connectivity index (χ3n) is 5.49. The molecule has 2 amide bonds. The fourth-order valence-corrected chi connectivity index (χ4v) is 3.79. The fraction of sp³-hybridized carbons (Fsp3) is 0.292. The maximum Gasteiger partial charge on any atom is 0.349 e. The van der Waals surface area contributed by atoms with Gasteiger partial charge >= 0.3 is 5.63 Å². The number of fused-ring (bicyclic) bond motifs is 1.